The maximum absolute atomic E-state index is 12.8. The normalized spacial score (nSPS) is 14.4. The van der Waals surface area contributed by atoms with Crippen LogP contribution in [0.3, 0.4) is 0 Å². The van der Waals surface area contributed by atoms with E-state index in [9.17, 15) is 14.9 Å². The Morgan fingerprint density at radius 1 is 1.00 bits per heavy atom. The Kier molecular flexibility index (Phi) is 6.04. The van der Waals surface area contributed by atoms with Crippen molar-refractivity contribution in [1.29, 1.82) is 0 Å². The standard InChI is InChI=1S/C28H23N5O5/c34-27-18-3-9-23(25(14-18)33(35)36)24-11-12-29-28(32-24)31-21-6-10-26(38-15-17-1-2-17)19(13-21)16-37-22-7-4-20(30-27)5-8-22/h3-14,17H,1-2,15-16H2,(H,30,34)(H,29,31,32). The number of anilines is 3. The Bertz CT molecular complexity index is 1540. The number of fused-ring (bicyclic) bond motifs is 2. The van der Waals surface area contributed by atoms with E-state index in [2.05, 4.69) is 20.6 Å². The quantitative estimate of drug-likeness (QED) is 0.264. The number of nitrogens with zero attached hydrogens (tertiary/aromatic N) is 3. The van der Waals surface area contributed by atoms with Crippen molar-refractivity contribution in [1.82, 2.24) is 9.97 Å². The van der Waals surface area contributed by atoms with Gasteiger partial charge >= 0.3 is 0 Å². The maximum atomic E-state index is 12.8. The van der Waals surface area contributed by atoms with E-state index in [-0.39, 0.29) is 29.4 Å². The first-order valence-electron chi connectivity index (χ1n) is 12.2. The predicted octanol–water partition coefficient (Wildman–Crippen LogP) is 5.73. The average Bonchev–Trinajstić information content (AvgIpc) is 3.76. The van der Waals surface area contributed by atoms with Gasteiger partial charge < -0.3 is 20.1 Å². The van der Waals surface area contributed by atoms with Crippen molar-refractivity contribution in [3.8, 4) is 22.8 Å². The van der Waals surface area contributed by atoms with Crippen LogP contribution >= 0.6 is 0 Å². The van der Waals surface area contributed by atoms with Gasteiger partial charge in [0.2, 0.25) is 5.95 Å². The maximum Gasteiger partial charge on any atom is 0.279 e. The van der Waals surface area contributed by atoms with Gasteiger partial charge in [-0.05, 0) is 79.4 Å². The van der Waals surface area contributed by atoms with Gasteiger partial charge in [-0.1, -0.05) is 0 Å². The molecule has 8 bridgehead atoms. The number of hydrogen-bond donors (Lipinski definition) is 2. The van der Waals surface area contributed by atoms with E-state index in [1.807, 2.05) is 18.2 Å². The lowest BCUT2D eigenvalue weighted by molar-refractivity contribution is -0.384. The zero-order chi connectivity index (χ0) is 26.1. The molecule has 4 aromatic rings. The lowest BCUT2D eigenvalue weighted by Crippen LogP contribution is -2.12. The summed E-state index contributed by atoms with van der Waals surface area (Å²) in [4.78, 5) is 33.0. The van der Waals surface area contributed by atoms with Crippen LogP contribution in [0.5, 0.6) is 11.5 Å². The molecule has 0 atom stereocenters. The summed E-state index contributed by atoms with van der Waals surface area (Å²) < 4.78 is 12.1. The first-order valence-corrected chi connectivity index (χ1v) is 12.2. The van der Waals surface area contributed by atoms with Crippen molar-refractivity contribution in [2.24, 2.45) is 5.92 Å². The van der Waals surface area contributed by atoms with Gasteiger partial charge in [0.25, 0.3) is 11.6 Å². The highest BCUT2D eigenvalue weighted by Crippen LogP contribution is 2.33. The average molecular weight is 510 g/mol. The molecule has 4 heterocycles. The summed E-state index contributed by atoms with van der Waals surface area (Å²) in [6.07, 6.45) is 3.89. The van der Waals surface area contributed by atoms with Crippen LogP contribution < -0.4 is 20.1 Å². The van der Waals surface area contributed by atoms with Crippen LogP contribution in [-0.2, 0) is 6.61 Å². The number of nitro groups is 1. The zero-order valence-corrected chi connectivity index (χ0v) is 20.2. The first kappa shape index (κ1) is 23.4. The third-order valence-corrected chi connectivity index (χ3v) is 6.38. The number of rotatable bonds is 4. The Morgan fingerprint density at radius 3 is 2.61 bits per heavy atom. The third kappa shape index (κ3) is 5.10. The molecule has 10 nitrogen and oxygen atoms in total. The van der Waals surface area contributed by atoms with Gasteiger partial charge in [-0.2, -0.15) is 0 Å². The highest BCUT2D eigenvalue weighted by Gasteiger charge is 2.23. The molecule has 3 aromatic carbocycles. The molecule has 4 aliphatic rings. The van der Waals surface area contributed by atoms with Gasteiger partial charge in [0.15, 0.2) is 0 Å². The molecule has 0 spiro atoms. The van der Waals surface area contributed by atoms with Crippen molar-refractivity contribution in [3.05, 3.63) is 94.2 Å². The van der Waals surface area contributed by atoms with Crippen LogP contribution in [-0.4, -0.2) is 27.4 Å². The van der Waals surface area contributed by atoms with E-state index in [4.69, 9.17) is 9.47 Å². The largest absolute Gasteiger partial charge is 0.493 e. The number of carbonyl (C=O) groups excluding carboxylic acids is 1. The second kappa shape index (κ2) is 9.81. The lowest BCUT2D eigenvalue weighted by atomic mass is 10.1. The van der Waals surface area contributed by atoms with E-state index >= 15 is 0 Å². The summed E-state index contributed by atoms with van der Waals surface area (Å²) in [7, 11) is 0. The molecule has 10 heteroatoms. The molecule has 3 aliphatic heterocycles. The highest BCUT2D eigenvalue weighted by atomic mass is 16.6. The second-order valence-electron chi connectivity index (χ2n) is 9.22. The van der Waals surface area contributed by atoms with Gasteiger partial charge in [-0.3, -0.25) is 14.9 Å². The fourth-order valence-electron chi connectivity index (χ4n) is 4.14. The molecular formula is C28H23N5O5. The fourth-order valence-corrected chi connectivity index (χ4v) is 4.14. The molecule has 0 unspecified atom stereocenters. The first-order chi connectivity index (χ1) is 18.5. The van der Waals surface area contributed by atoms with Gasteiger partial charge in [0.05, 0.1) is 22.8 Å². The molecule has 0 saturated heterocycles. The number of hydrogen-bond acceptors (Lipinski definition) is 8. The van der Waals surface area contributed by atoms with Gasteiger partial charge in [0, 0.05) is 34.8 Å². The highest BCUT2D eigenvalue weighted by molar-refractivity contribution is 6.05. The van der Waals surface area contributed by atoms with Crippen LogP contribution in [0.15, 0.2) is 72.9 Å². The minimum absolute atomic E-state index is 0.154. The summed E-state index contributed by atoms with van der Waals surface area (Å²) in [6.45, 7) is 0.925. The fraction of sp³-hybridized carbons (Fsp3) is 0.179. The molecule has 8 rings (SSSR count). The Morgan fingerprint density at radius 2 is 1.82 bits per heavy atom. The molecule has 1 fully saturated rings. The minimum Gasteiger partial charge on any atom is -0.493 e. The SMILES string of the molecule is O=C1Nc2ccc(cc2)OCc2cc(ccc2OCC2CC2)Nc2nccc(n2)-c2ccc1cc2[N+](=O)[O-]. The Balaban J connectivity index is 1.42. The number of ether oxygens (including phenoxy) is 2. The van der Waals surface area contributed by atoms with Gasteiger partial charge in [0.1, 0.15) is 18.1 Å². The number of benzene rings is 3. The Labute approximate surface area is 217 Å². The van der Waals surface area contributed by atoms with Gasteiger partial charge in [-0.25, -0.2) is 9.97 Å². The van der Waals surface area contributed by atoms with Gasteiger partial charge in [-0.15, -0.1) is 0 Å². The van der Waals surface area contributed by atoms with Crippen molar-refractivity contribution in [3.63, 3.8) is 0 Å². The third-order valence-electron chi connectivity index (χ3n) is 6.38. The van der Waals surface area contributed by atoms with E-state index in [0.717, 1.165) is 11.3 Å². The van der Waals surface area contributed by atoms with E-state index < -0.39 is 10.8 Å². The summed E-state index contributed by atoms with van der Waals surface area (Å²) in [5.74, 6) is 1.75. The number of amides is 1. The topological polar surface area (TPSA) is 129 Å². The summed E-state index contributed by atoms with van der Waals surface area (Å²) >= 11 is 0. The Hall–Kier alpha value is -4.99. The molecule has 1 saturated carbocycles. The van der Waals surface area contributed by atoms with E-state index in [1.165, 1.54) is 37.2 Å². The smallest absolute Gasteiger partial charge is 0.279 e. The second-order valence-corrected chi connectivity index (χ2v) is 9.22. The van der Waals surface area contributed by atoms with Crippen LogP contribution in [0.4, 0.5) is 23.0 Å². The van der Waals surface area contributed by atoms with Crippen LogP contribution in [0, 0.1) is 16.0 Å². The molecule has 38 heavy (non-hydrogen) atoms. The van der Waals surface area contributed by atoms with E-state index in [0.29, 0.717) is 35.3 Å². The number of nitrogens with one attached hydrogen (secondary N) is 2. The molecule has 2 N–H and O–H groups in total. The molecule has 1 aliphatic carbocycles. The van der Waals surface area contributed by atoms with Crippen molar-refractivity contribution >= 4 is 28.9 Å². The number of carbonyl (C=O) groups is 1. The predicted molar refractivity (Wildman–Crippen MR) is 141 cm³/mol. The van der Waals surface area contributed by atoms with E-state index in [1.54, 1.807) is 30.3 Å². The molecule has 1 aromatic heterocycles. The van der Waals surface area contributed by atoms with Crippen molar-refractivity contribution < 1.29 is 19.2 Å². The molecule has 1 amide bonds. The summed E-state index contributed by atoms with van der Waals surface area (Å²) in [6, 6.07) is 18.5. The number of nitro benzene ring substituents is 1. The summed E-state index contributed by atoms with van der Waals surface area (Å²) in [5, 5.41) is 17.9. The molecule has 190 valence electrons. The van der Waals surface area contributed by atoms with Crippen LogP contribution in [0.25, 0.3) is 11.3 Å². The summed E-state index contributed by atoms with van der Waals surface area (Å²) in [5.41, 5.74) is 2.64. The van der Waals surface area contributed by atoms with Crippen LogP contribution in [0.1, 0.15) is 28.8 Å². The molecule has 0 radical (unpaired) electrons. The zero-order valence-electron chi connectivity index (χ0n) is 20.2. The van der Waals surface area contributed by atoms with Crippen molar-refractivity contribution in [2.45, 2.75) is 19.4 Å². The van der Waals surface area contributed by atoms with Crippen LogP contribution in [0.2, 0.25) is 0 Å². The minimum atomic E-state index is -0.525. The van der Waals surface area contributed by atoms with Crippen molar-refractivity contribution in [2.75, 3.05) is 17.2 Å². The molecular weight excluding hydrogens is 486 g/mol. The monoisotopic (exact) mass is 509 g/mol. The lowest BCUT2D eigenvalue weighted by Gasteiger charge is -2.15. The number of aromatic nitrogens is 2.